The summed E-state index contributed by atoms with van der Waals surface area (Å²) in [5, 5.41) is 8.47. The van der Waals surface area contributed by atoms with Crippen LogP contribution in [0.2, 0.25) is 5.02 Å². The molecule has 2 aliphatic rings. The summed E-state index contributed by atoms with van der Waals surface area (Å²) in [5.41, 5.74) is -1.22. The quantitative estimate of drug-likeness (QED) is 0.711. The average Bonchev–Trinajstić information content (AvgIpc) is 2.72. The second-order valence-electron chi connectivity index (χ2n) is 7.76. The normalized spacial score (nSPS) is 20.1. The van der Waals surface area contributed by atoms with Crippen molar-refractivity contribution in [3.8, 4) is 0 Å². The number of halogens is 4. The predicted molar refractivity (Wildman–Crippen MR) is 105 cm³/mol. The predicted octanol–water partition coefficient (Wildman–Crippen LogP) is 3.08. The highest BCUT2D eigenvalue weighted by molar-refractivity contribution is 7.89. The van der Waals surface area contributed by atoms with Crippen LogP contribution in [0.3, 0.4) is 0 Å². The Morgan fingerprint density at radius 3 is 2.06 bits per heavy atom. The lowest BCUT2D eigenvalue weighted by atomic mass is 9.93. The van der Waals surface area contributed by atoms with Crippen molar-refractivity contribution in [3.63, 3.8) is 0 Å². The molecule has 0 radical (unpaired) electrons. The Bertz CT molecular complexity index is 954. The van der Waals surface area contributed by atoms with Crippen LogP contribution < -0.4 is 0 Å². The monoisotopic (exact) mass is 482 g/mol. The number of carboxylic acids is 1. The van der Waals surface area contributed by atoms with Gasteiger partial charge in [0.25, 0.3) is 0 Å². The molecule has 0 atom stereocenters. The van der Waals surface area contributed by atoms with Gasteiger partial charge in [0, 0.05) is 32.1 Å². The number of carbonyl (C=O) groups excluding carboxylic acids is 1. The van der Waals surface area contributed by atoms with Gasteiger partial charge in [-0.2, -0.15) is 17.5 Å². The van der Waals surface area contributed by atoms with Gasteiger partial charge in [-0.3, -0.25) is 9.59 Å². The fourth-order valence-corrected chi connectivity index (χ4v) is 5.70. The van der Waals surface area contributed by atoms with Crippen LogP contribution in [0.25, 0.3) is 0 Å². The van der Waals surface area contributed by atoms with Crippen LogP contribution in [0.5, 0.6) is 0 Å². The van der Waals surface area contributed by atoms with E-state index >= 15 is 0 Å². The fourth-order valence-electron chi connectivity index (χ4n) is 3.98. The summed E-state index contributed by atoms with van der Waals surface area (Å²) in [6.45, 7) is 0.710. The molecule has 0 aliphatic carbocycles. The molecule has 31 heavy (non-hydrogen) atoms. The maximum atomic E-state index is 13.1. The van der Waals surface area contributed by atoms with Gasteiger partial charge >= 0.3 is 12.1 Å². The van der Waals surface area contributed by atoms with Crippen molar-refractivity contribution in [3.05, 3.63) is 28.8 Å². The maximum absolute atomic E-state index is 13.1. The second-order valence-corrected chi connectivity index (χ2v) is 10.1. The zero-order valence-corrected chi connectivity index (χ0v) is 18.0. The molecule has 2 aliphatic heterocycles. The Hall–Kier alpha value is -1.85. The van der Waals surface area contributed by atoms with E-state index in [1.54, 1.807) is 4.90 Å². The largest absolute Gasteiger partial charge is 0.481 e. The molecule has 2 heterocycles. The first-order valence-corrected chi connectivity index (χ1v) is 11.6. The number of nitrogens with zero attached hydrogens (tertiary/aromatic N) is 2. The number of piperidine rings is 2. The van der Waals surface area contributed by atoms with Crippen molar-refractivity contribution >= 4 is 33.5 Å². The van der Waals surface area contributed by atoms with Gasteiger partial charge in [-0.15, -0.1) is 0 Å². The molecule has 0 bridgehead atoms. The smallest absolute Gasteiger partial charge is 0.417 e. The topological polar surface area (TPSA) is 95.0 Å². The number of likely N-dealkylation sites (tertiary alicyclic amines) is 1. The summed E-state index contributed by atoms with van der Waals surface area (Å²) < 4.78 is 66.0. The maximum Gasteiger partial charge on any atom is 0.417 e. The van der Waals surface area contributed by atoms with E-state index < -0.39 is 49.5 Å². The molecule has 2 fully saturated rings. The first-order chi connectivity index (χ1) is 14.4. The van der Waals surface area contributed by atoms with Crippen LogP contribution in [0.1, 0.15) is 31.2 Å². The van der Waals surface area contributed by atoms with Gasteiger partial charge in [0.2, 0.25) is 15.9 Å². The Morgan fingerprint density at radius 1 is 1.00 bits per heavy atom. The average molecular weight is 483 g/mol. The Morgan fingerprint density at radius 2 is 1.55 bits per heavy atom. The van der Waals surface area contributed by atoms with Gasteiger partial charge in [-0.1, -0.05) is 11.6 Å². The fraction of sp³-hybridized carbons (Fsp3) is 0.579. The van der Waals surface area contributed by atoms with Crippen molar-refractivity contribution < 1.29 is 36.3 Å². The van der Waals surface area contributed by atoms with E-state index in [0.29, 0.717) is 32.0 Å². The number of hydrogen-bond acceptors (Lipinski definition) is 4. The van der Waals surface area contributed by atoms with Gasteiger partial charge in [-0.05, 0) is 43.9 Å². The molecule has 0 aromatic heterocycles. The van der Waals surface area contributed by atoms with Crippen LogP contribution in [0.15, 0.2) is 23.1 Å². The molecule has 12 heteroatoms. The number of amides is 1. The molecule has 1 aromatic carbocycles. The molecule has 0 unspecified atom stereocenters. The van der Waals surface area contributed by atoms with Crippen LogP contribution in [0, 0.1) is 11.8 Å². The SMILES string of the molecule is O=C(O)C1CCN(C(=O)C2CCN(S(=O)(=O)c3ccc(Cl)c(C(F)(F)F)c3)CC2)CC1. The van der Waals surface area contributed by atoms with Crippen LogP contribution in [-0.4, -0.2) is 60.8 Å². The summed E-state index contributed by atoms with van der Waals surface area (Å²) in [7, 11) is -4.17. The first kappa shape index (κ1) is 23.8. The van der Waals surface area contributed by atoms with Gasteiger partial charge in [0.1, 0.15) is 0 Å². The molecule has 0 spiro atoms. The molecule has 2 saturated heterocycles. The van der Waals surface area contributed by atoms with Gasteiger partial charge in [0.15, 0.2) is 0 Å². The molecule has 1 aromatic rings. The first-order valence-electron chi connectivity index (χ1n) is 9.79. The Balaban J connectivity index is 1.64. The molecule has 7 nitrogen and oxygen atoms in total. The highest BCUT2D eigenvalue weighted by Crippen LogP contribution is 2.37. The lowest BCUT2D eigenvalue weighted by molar-refractivity contribution is -0.147. The van der Waals surface area contributed by atoms with Crippen molar-refractivity contribution in [1.29, 1.82) is 0 Å². The molecule has 0 saturated carbocycles. The van der Waals surface area contributed by atoms with E-state index in [1.807, 2.05) is 0 Å². The van der Waals surface area contributed by atoms with E-state index in [9.17, 15) is 31.2 Å². The number of aliphatic carboxylic acids is 1. The number of carbonyl (C=O) groups is 2. The summed E-state index contributed by atoms with van der Waals surface area (Å²) in [5.74, 6) is -1.87. The van der Waals surface area contributed by atoms with Crippen molar-refractivity contribution in [2.24, 2.45) is 11.8 Å². The number of alkyl halides is 3. The highest BCUT2D eigenvalue weighted by atomic mass is 35.5. The van der Waals surface area contributed by atoms with E-state index in [4.69, 9.17) is 16.7 Å². The molecule has 1 N–H and O–H groups in total. The van der Waals surface area contributed by atoms with E-state index in [-0.39, 0.29) is 31.8 Å². The van der Waals surface area contributed by atoms with E-state index in [1.165, 1.54) is 0 Å². The number of carboxylic acid groups (broad SMARTS) is 1. The third-order valence-electron chi connectivity index (χ3n) is 5.84. The molecular formula is C19H22ClF3N2O5S. The van der Waals surface area contributed by atoms with Gasteiger partial charge in [0.05, 0.1) is 21.4 Å². The minimum atomic E-state index is -4.78. The zero-order chi connectivity index (χ0) is 23.0. The molecule has 172 valence electrons. The summed E-state index contributed by atoms with van der Waals surface area (Å²) in [6.07, 6.45) is -3.53. The number of hydrogen-bond donors (Lipinski definition) is 1. The Labute approximate surface area is 182 Å². The number of rotatable bonds is 4. The lowest BCUT2D eigenvalue weighted by Gasteiger charge is -2.36. The third-order valence-corrected chi connectivity index (χ3v) is 8.06. The van der Waals surface area contributed by atoms with Crippen molar-refractivity contribution in [2.45, 2.75) is 36.8 Å². The minimum Gasteiger partial charge on any atom is -0.481 e. The highest BCUT2D eigenvalue weighted by Gasteiger charge is 2.38. The summed E-state index contributed by atoms with van der Waals surface area (Å²) in [6, 6.07) is 2.48. The minimum absolute atomic E-state index is 0.00824. The van der Waals surface area contributed by atoms with E-state index in [2.05, 4.69) is 0 Å². The zero-order valence-electron chi connectivity index (χ0n) is 16.4. The van der Waals surface area contributed by atoms with Crippen LogP contribution >= 0.6 is 11.6 Å². The molecule has 1 amide bonds. The van der Waals surface area contributed by atoms with Crippen LogP contribution in [-0.2, 0) is 25.8 Å². The number of sulfonamides is 1. The Kier molecular flexibility index (Phi) is 6.87. The standard InChI is InChI=1S/C19H22ClF3N2O5S/c20-16-2-1-14(11-15(16)19(21,22)23)31(29,30)25-9-5-12(6-10-25)17(26)24-7-3-13(4-8-24)18(27)28/h1-2,11-13H,3-10H2,(H,27,28). The van der Waals surface area contributed by atoms with E-state index in [0.717, 1.165) is 16.4 Å². The summed E-state index contributed by atoms with van der Waals surface area (Å²) >= 11 is 5.57. The van der Waals surface area contributed by atoms with Gasteiger partial charge < -0.3 is 10.0 Å². The van der Waals surface area contributed by atoms with Crippen molar-refractivity contribution in [1.82, 2.24) is 9.21 Å². The van der Waals surface area contributed by atoms with Gasteiger partial charge in [-0.25, -0.2) is 8.42 Å². The molecule has 3 rings (SSSR count). The lowest BCUT2D eigenvalue weighted by Crippen LogP contribution is -2.47. The number of benzene rings is 1. The third kappa shape index (κ3) is 5.15. The van der Waals surface area contributed by atoms with Crippen molar-refractivity contribution in [2.75, 3.05) is 26.2 Å². The summed E-state index contributed by atoms with van der Waals surface area (Å²) in [4.78, 5) is 24.9. The van der Waals surface area contributed by atoms with Crippen LogP contribution in [0.4, 0.5) is 13.2 Å². The second kappa shape index (κ2) is 8.95. The molecular weight excluding hydrogens is 461 g/mol.